The predicted octanol–water partition coefficient (Wildman–Crippen LogP) is 3.18. The first-order valence-electron chi connectivity index (χ1n) is 7.47. The molecule has 0 saturated heterocycles. The molecule has 2 N–H and O–H groups in total. The number of nitrogens with one attached hydrogen (secondary N) is 2. The third-order valence-electron chi connectivity index (χ3n) is 3.78. The maximum Gasteiger partial charge on any atom is 0.268 e. The molecule has 0 unspecified atom stereocenters. The van der Waals surface area contributed by atoms with Crippen LogP contribution in [0.1, 0.15) is 27.7 Å². The van der Waals surface area contributed by atoms with Crippen molar-refractivity contribution in [1.29, 1.82) is 0 Å². The Bertz CT molecular complexity index is 936. The number of fused-ring (bicyclic) bond motifs is 1. The van der Waals surface area contributed by atoms with Gasteiger partial charge in [-0.1, -0.05) is 29.8 Å². The van der Waals surface area contributed by atoms with E-state index in [0.29, 0.717) is 15.8 Å². The molecule has 25 heavy (non-hydrogen) atoms. The molecule has 9 heteroatoms. The number of rotatable bonds is 3. The standard InChI is InChI=1S/C16H12ClN5O2S/c17-10-5-3-9(4-6-10)11-8-13(23)18-16-20-15(21-22(11)16)19-14(24)12-2-1-7-25-12/h1-7,11H,8H2,(H2,18,19,20,21,23,24)/t11-/m0/s1. The van der Waals surface area contributed by atoms with Crippen LogP contribution in [0.15, 0.2) is 41.8 Å². The van der Waals surface area contributed by atoms with Crippen LogP contribution < -0.4 is 10.6 Å². The van der Waals surface area contributed by atoms with E-state index in [9.17, 15) is 9.59 Å². The first kappa shape index (κ1) is 15.8. The Morgan fingerprint density at radius 2 is 2.12 bits per heavy atom. The van der Waals surface area contributed by atoms with Gasteiger partial charge in [0.2, 0.25) is 11.9 Å². The number of halogens is 1. The van der Waals surface area contributed by atoms with E-state index in [1.54, 1.807) is 28.9 Å². The largest absolute Gasteiger partial charge is 0.295 e. The SMILES string of the molecule is O=C1C[C@@H](c2ccc(Cl)cc2)n2nc(NC(=O)c3cccs3)nc2N1. The van der Waals surface area contributed by atoms with E-state index in [0.717, 1.165) is 5.56 Å². The molecule has 7 nitrogen and oxygen atoms in total. The molecule has 0 spiro atoms. The lowest BCUT2D eigenvalue weighted by Gasteiger charge is -2.23. The molecule has 0 saturated carbocycles. The van der Waals surface area contributed by atoms with Gasteiger partial charge in [-0.05, 0) is 29.1 Å². The van der Waals surface area contributed by atoms with Gasteiger partial charge in [0.25, 0.3) is 11.9 Å². The van der Waals surface area contributed by atoms with Gasteiger partial charge >= 0.3 is 0 Å². The molecular weight excluding hydrogens is 362 g/mol. The highest BCUT2D eigenvalue weighted by atomic mass is 35.5. The molecule has 1 aromatic carbocycles. The van der Waals surface area contributed by atoms with Crippen LogP contribution >= 0.6 is 22.9 Å². The highest BCUT2D eigenvalue weighted by Gasteiger charge is 2.29. The van der Waals surface area contributed by atoms with E-state index in [-0.39, 0.29) is 30.2 Å². The van der Waals surface area contributed by atoms with Crippen molar-refractivity contribution in [2.75, 3.05) is 10.6 Å². The first-order valence-corrected chi connectivity index (χ1v) is 8.72. The average molecular weight is 374 g/mol. The van der Waals surface area contributed by atoms with Crippen LogP contribution in [-0.4, -0.2) is 26.6 Å². The summed E-state index contributed by atoms with van der Waals surface area (Å²) in [5, 5.41) is 12.1. The number of hydrogen-bond donors (Lipinski definition) is 2. The molecule has 1 aliphatic rings. The lowest BCUT2D eigenvalue weighted by atomic mass is 10.0. The number of thiophene rings is 1. The smallest absolute Gasteiger partial charge is 0.268 e. The van der Waals surface area contributed by atoms with Crippen molar-refractivity contribution >= 4 is 46.6 Å². The number of carbonyl (C=O) groups excluding carboxylic acids is 2. The van der Waals surface area contributed by atoms with Gasteiger partial charge in [-0.3, -0.25) is 20.2 Å². The quantitative estimate of drug-likeness (QED) is 0.738. The minimum Gasteiger partial charge on any atom is -0.295 e. The van der Waals surface area contributed by atoms with Crippen LogP contribution in [0, 0.1) is 0 Å². The second-order valence-electron chi connectivity index (χ2n) is 5.45. The van der Waals surface area contributed by atoms with E-state index in [1.807, 2.05) is 17.5 Å². The zero-order chi connectivity index (χ0) is 17.4. The third kappa shape index (κ3) is 3.13. The molecule has 0 radical (unpaired) electrons. The van der Waals surface area contributed by atoms with E-state index in [1.165, 1.54) is 11.3 Å². The Morgan fingerprint density at radius 1 is 1.32 bits per heavy atom. The van der Waals surface area contributed by atoms with Gasteiger partial charge in [0.15, 0.2) is 0 Å². The summed E-state index contributed by atoms with van der Waals surface area (Å²) >= 11 is 7.26. The highest BCUT2D eigenvalue weighted by Crippen LogP contribution is 2.30. The first-order chi connectivity index (χ1) is 12.1. The van der Waals surface area contributed by atoms with Crippen molar-refractivity contribution in [3.63, 3.8) is 0 Å². The van der Waals surface area contributed by atoms with Crippen molar-refractivity contribution in [2.45, 2.75) is 12.5 Å². The molecule has 0 aliphatic carbocycles. The minimum atomic E-state index is -0.305. The number of benzene rings is 1. The molecule has 3 heterocycles. The van der Waals surface area contributed by atoms with Crippen LogP contribution in [-0.2, 0) is 4.79 Å². The Balaban J connectivity index is 1.64. The number of anilines is 2. The molecule has 2 amide bonds. The Kier molecular flexibility index (Phi) is 3.98. The topological polar surface area (TPSA) is 88.9 Å². The summed E-state index contributed by atoms with van der Waals surface area (Å²) < 4.78 is 1.61. The average Bonchev–Trinajstić information content (AvgIpc) is 3.24. The lowest BCUT2D eigenvalue weighted by Crippen LogP contribution is -2.29. The normalized spacial score (nSPS) is 16.2. The molecule has 1 aliphatic heterocycles. The fourth-order valence-corrected chi connectivity index (χ4v) is 3.38. The van der Waals surface area contributed by atoms with Crippen molar-refractivity contribution in [2.24, 2.45) is 0 Å². The van der Waals surface area contributed by atoms with E-state index < -0.39 is 0 Å². The summed E-state index contributed by atoms with van der Waals surface area (Å²) in [4.78, 5) is 28.9. The maximum atomic E-state index is 12.1. The molecule has 126 valence electrons. The molecule has 0 bridgehead atoms. The Hall–Kier alpha value is -2.71. The van der Waals surface area contributed by atoms with Crippen molar-refractivity contribution < 1.29 is 9.59 Å². The number of aromatic nitrogens is 3. The minimum absolute atomic E-state index is 0.148. The highest BCUT2D eigenvalue weighted by molar-refractivity contribution is 7.12. The third-order valence-corrected chi connectivity index (χ3v) is 4.90. The van der Waals surface area contributed by atoms with Gasteiger partial charge < -0.3 is 0 Å². The maximum absolute atomic E-state index is 12.1. The predicted molar refractivity (Wildman–Crippen MR) is 95.1 cm³/mol. The van der Waals surface area contributed by atoms with Gasteiger partial charge in [0, 0.05) is 5.02 Å². The summed E-state index contributed by atoms with van der Waals surface area (Å²) in [6, 6.07) is 10.4. The summed E-state index contributed by atoms with van der Waals surface area (Å²) in [6.45, 7) is 0. The second kappa shape index (κ2) is 6.30. The van der Waals surface area contributed by atoms with E-state index in [4.69, 9.17) is 11.6 Å². The van der Waals surface area contributed by atoms with Crippen molar-refractivity contribution in [3.8, 4) is 0 Å². The number of nitrogens with zero attached hydrogens (tertiary/aromatic N) is 3. The molecule has 3 aromatic rings. The Labute approximate surface area is 151 Å². The van der Waals surface area contributed by atoms with Gasteiger partial charge in [-0.2, -0.15) is 4.98 Å². The van der Waals surface area contributed by atoms with Crippen molar-refractivity contribution in [3.05, 3.63) is 57.2 Å². The van der Waals surface area contributed by atoms with Gasteiger partial charge in [-0.15, -0.1) is 16.4 Å². The molecule has 1 atom stereocenters. The summed E-state index contributed by atoms with van der Waals surface area (Å²) in [6.07, 6.45) is 0.232. The van der Waals surface area contributed by atoms with E-state index in [2.05, 4.69) is 20.7 Å². The van der Waals surface area contributed by atoms with Crippen LogP contribution in [0.2, 0.25) is 5.02 Å². The molecule has 2 aromatic heterocycles. The summed E-state index contributed by atoms with van der Waals surface area (Å²) in [5.41, 5.74) is 0.890. The van der Waals surface area contributed by atoms with Gasteiger partial charge in [0.05, 0.1) is 17.3 Å². The lowest BCUT2D eigenvalue weighted by molar-refractivity contribution is -0.117. The number of carbonyl (C=O) groups is 2. The summed E-state index contributed by atoms with van der Waals surface area (Å²) in [5.74, 6) is 0.00976. The molecule has 0 fully saturated rings. The number of amides is 2. The Morgan fingerprint density at radius 3 is 2.84 bits per heavy atom. The van der Waals surface area contributed by atoms with Crippen molar-refractivity contribution in [1.82, 2.24) is 14.8 Å². The fourth-order valence-electron chi connectivity index (χ4n) is 2.63. The van der Waals surface area contributed by atoms with Crippen LogP contribution in [0.4, 0.5) is 11.9 Å². The van der Waals surface area contributed by atoms with Crippen LogP contribution in [0.3, 0.4) is 0 Å². The van der Waals surface area contributed by atoms with Crippen LogP contribution in [0.5, 0.6) is 0 Å². The van der Waals surface area contributed by atoms with Gasteiger partial charge in [-0.25, -0.2) is 4.68 Å². The second-order valence-corrected chi connectivity index (χ2v) is 6.84. The molecular formula is C16H12ClN5O2S. The molecule has 4 rings (SSSR count). The fraction of sp³-hybridized carbons (Fsp3) is 0.125. The zero-order valence-electron chi connectivity index (χ0n) is 12.8. The van der Waals surface area contributed by atoms with Crippen LogP contribution in [0.25, 0.3) is 0 Å². The summed E-state index contributed by atoms with van der Waals surface area (Å²) in [7, 11) is 0. The van der Waals surface area contributed by atoms with Gasteiger partial charge in [0.1, 0.15) is 0 Å². The zero-order valence-corrected chi connectivity index (χ0v) is 14.3. The monoisotopic (exact) mass is 373 g/mol. The van der Waals surface area contributed by atoms with E-state index >= 15 is 0 Å². The number of hydrogen-bond acceptors (Lipinski definition) is 5.